The van der Waals surface area contributed by atoms with E-state index in [2.05, 4.69) is 303 Å². The second kappa shape index (κ2) is 18.2. The van der Waals surface area contributed by atoms with Crippen molar-refractivity contribution in [2.75, 3.05) is 0 Å². The van der Waals surface area contributed by atoms with Gasteiger partial charge in [-0.25, -0.2) is 0 Å². The van der Waals surface area contributed by atoms with Gasteiger partial charge in [-0.2, -0.15) is 0 Å². The van der Waals surface area contributed by atoms with Crippen LogP contribution in [0, 0.1) is 0 Å². The number of fused-ring (bicyclic) bond motifs is 8. The Bertz CT molecular complexity index is 4540. The van der Waals surface area contributed by atoms with Crippen LogP contribution in [-0.2, 0) is 5.41 Å². The fourth-order valence-corrected chi connectivity index (χ4v) is 13.2. The molecule has 0 radical (unpaired) electrons. The molecule has 0 aliphatic heterocycles. The maximum Gasteiger partial charge on any atom is 0.0713 e. The van der Waals surface area contributed by atoms with Crippen LogP contribution in [0.1, 0.15) is 33.4 Å². The highest BCUT2D eigenvalue weighted by Crippen LogP contribution is 2.56. The van der Waals surface area contributed by atoms with E-state index < -0.39 is 5.41 Å². The molecule has 0 unspecified atom stereocenters. The molecule has 0 nitrogen and oxygen atoms in total. The molecule has 0 bridgehead atoms. The molecular formula is C77H50. The predicted molar refractivity (Wildman–Crippen MR) is 328 cm³/mol. The highest BCUT2D eigenvalue weighted by Gasteiger charge is 2.45. The van der Waals surface area contributed by atoms with E-state index in [1.807, 2.05) is 0 Å². The molecule has 0 heterocycles. The Hall–Kier alpha value is -9.88. The van der Waals surface area contributed by atoms with Crippen LogP contribution in [0.4, 0.5) is 0 Å². The largest absolute Gasteiger partial charge is 0.0713 e. The van der Waals surface area contributed by atoms with Crippen molar-refractivity contribution in [1.82, 2.24) is 0 Å². The van der Waals surface area contributed by atoms with E-state index in [-0.39, 0.29) is 0 Å². The van der Waals surface area contributed by atoms with Crippen molar-refractivity contribution in [3.05, 3.63) is 325 Å². The lowest BCUT2D eigenvalue weighted by molar-refractivity contribution is 0.768. The van der Waals surface area contributed by atoms with Gasteiger partial charge in [0.15, 0.2) is 0 Å². The number of hydrogen-bond acceptors (Lipinski definition) is 0. The molecular weight excluding hydrogens is 925 g/mol. The van der Waals surface area contributed by atoms with Gasteiger partial charge in [0.05, 0.1) is 5.41 Å². The van der Waals surface area contributed by atoms with E-state index in [0.29, 0.717) is 0 Å². The Balaban J connectivity index is 0.797. The first kappa shape index (κ1) is 44.6. The summed E-state index contributed by atoms with van der Waals surface area (Å²) >= 11 is 0. The van der Waals surface area contributed by atoms with Gasteiger partial charge >= 0.3 is 0 Å². The molecule has 0 atom stereocenters. The molecule has 0 spiro atoms. The monoisotopic (exact) mass is 974 g/mol. The van der Waals surface area contributed by atoms with Crippen molar-refractivity contribution in [3.8, 4) is 55.6 Å². The van der Waals surface area contributed by atoms with Gasteiger partial charge in [-0.3, -0.25) is 0 Å². The molecule has 0 N–H and O–H groups in total. The molecule has 0 amide bonds. The SMILES string of the molecule is C(=C\c1ccc(-c2c3ccccc3c(-c3ccc(-c4ccc(C5(c6ccccc6)c6ccccc6-c6ccccc65)cc4)cc3)c3ccccc23)c2ccccc12)/c1ccc(-c2cccc3ccccc23)c2ccccc12. The molecule has 15 rings (SSSR count). The van der Waals surface area contributed by atoms with Crippen molar-refractivity contribution < 1.29 is 0 Å². The van der Waals surface area contributed by atoms with E-state index in [0.717, 1.165) is 0 Å². The van der Waals surface area contributed by atoms with Crippen LogP contribution < -0.4 is 0 Å². The average molecular weight is 975 g/mol. The minimum atomic E-state index is -0.417. The van der Waals surface area contributed by atoms with Crippen molar-refractivity contribution in [1.29, 1.82) is 0 Å². The minimum absolute atomic E-state index is 0.417. The lowest BCUT2D eigenvalue weighted by Gasteiger charge is -2.34. The number of hydrogen-bond donors (Lipinski definition) is 0. The van der Waals surface area contributed by atoms with Gasteiger partial charge in [0.1, 0.15) is 0 Å². The third kappa shape index (κ3) is 7.07. The van der Waals surface area contributed by atoms with Gasteiger partial charge in [-0.1, -0.05) is 303 Å². The second-order valence-electron chi connectivity index (χ2n) is 20.6. The van der Waals surface area contributed by atoms with Gasteiger partial charge in [-0.05, 0) is 143 Å². The van der Waals surface area contributed by atoms with Crippen LogP contribution in [0.5, 0.6) is 0 Å². The van der Waals surface area contributed by atoms with Crippen LogP contribution in [0.15, 0.2) is 291 Å². The molecule has 0 saturated carbocycles. The van der Waals surface area contributed by atoms with E-state index >= 15 is 0 Å². The molecule has 77 heavy (non-hydrogen) atoms. The van der Waals surface area contributed by atoms with E-state index in [1.54, 1.807) is 0 Å². The zero-order valence-electron chi connectivity index (χ0n) is 42.4. The first-order valence-electron chi connectivity index (χ1n) is 26.8. The van der Waals surface area contributed by atoms with Crippen LogP contribution in [0.2, 0.25) is 0 Å². The average Bonchev–Trinajstić information content (AvgIpc) is 3.89. The fraction of sp³-hybridized carbons (Fsp3) is 0.0130. The van der Waals surface area contributed by atoms with Gasteiger partial charge in [0, 0.05) is 0 Å². The summed E-state index contributed by atoms with van der Waals surface area (Å²) < 4.78 is 0. The molecule has 0 heteroatoms. The topological polar surface area (TPSA) is 0 Å². The van der Waals surface area contributed by atoms with Crippen molar-refractivity contribution in [2.45, 2.75) is 5.41 Å². The third-order valence-corrected chi connectivity index (χ3v) is 16.6. The summed E-state index contributed by atoms with van der Waals surface area (Å²) in [5.41, 5.74) is 19.7. The third-order valence-electron chi connectivity index (χ3n) is 16.6. The summed E-state index contributed by atoms with van der Waals surface area (Å²) in [6, 6.07) is 108. The Morgan fingerprint density at radius 3 is 1.17 bits per heavy atom. The summed E-state index contributed by atoms with van der Waals surface area (Å²) in [6.07, 6.45) is 4.60. The lowest BCUT2D eigenvalue weighted by atomic mass is 9.67. The summed E-state index contributed by atoms with van der Waals surface area (Å²) in [5.74, 6) is 0. The summed E-state index contributed by atoms with van der Waals surface area (Å²) in [5, 5.41) is 12.5. The van der Waals surface area contributed by atoms with Crippen molar-refractivity contribution in [2.24, 2.45) is 0 Å². The van der Waals surface area contributed by atoms with Crippen LogP contribution in [-0.4, -0.2) is 0 Å². The summed E-state index contributed by atoms with van der Waals surface area (Å²) in [6.45, 7) is 0. The smallest absolute Gasteiger partial charge is 0.0622 e. The number of benzene rings is 14. The maximum absolute atomic E-state index is 2.36. The molecule has 0 fully saturated rings. The molecule has 1 aliphatic carbocycles. The Labute approximate surface area is 449 Å². The normalized spacial score (nSPS) is 12.7. The predicted octanol–water partition coefficient (Wildman–Crippen LogP) is 20.7. The Kier molecular flexibility index (Phi) is 10.5. The van der Waals surface area contributed by atoms with Crippen molar-refractivity contribution >= 4 is 66.0 Å². The first-order valence-corrected chi connectivity index (χ1v) is 26.8. The van der Waals surface area contributed by atoms with Gasteiger partial charge in [0.2, 0.25) is 0 Å². The van der Waals surface area contributed by atoms with E-state index in [4.69, 9.17) is 0 Å². The van der Waals surface area contributed by atoms with Gasteiger partial charge < -0.3 is 0 Å². The Morgan fingerprint density at radius 1 is 0.208 bits per heavy atom. The molecule has 1 aliphatic rings. The lowest BCUT2D eigenvalue weighted by Crippen LogP contribution is -2.28. The van der Waals surface area contributed by atoms with Crippen molar-refractivity contribution in [3.63, 3.8) is 0 Å². The van der Waals surface area contributed by atoms with E-state index in [1.165, 1.54) is 143 Å². The molecule has 358 valence electrons. The number of rotatable bonds is 8. The van der Waals surface area contributed by atoms with E-state index in [9.17, 15) is 0 Å². The van der Waals surface area contributed by atoms with Gasteiger partial charge in [-0.15, -0.1) is 0 Å². The zero-order valence-corrected chi connectivity index (χ0v) is 42.4. The quantitative estimate of drug-likeness (QED) is 0.105. The summed E-state index contributed by atoms with van der Waals surface area (Å²) in [4.78, 5) is 0. The highest BCUT2D eigenvalue weighted by molar-refractivity contribution is 6.24. The van der Waals surface area contributed by atoms with Crippen LogP contribution in [0.25, 0.3) is 122 Å². The molecule has 14 aromatic carbocycles. The molecule has 0 aromatic heterocycles. The minimum Gasteiger partial charge on any atom is -0.0622 e. The maximum atomic E-state index is 2.36. The fourth-order valence-electron chi connectivity index (χ4n) is 13.2. The van der Waals surface area contributed by atoms with Gasteiger partial charge in [0.25, 0.3) is 0 Å². The first-order chi connectivity index (χ1) is 38.2. The van der Waals surface area contributed by atoms with Crippen LogP contribution in [0.3, 0.4) is 0 Å². The van der Waals surface area contributed by atoms with Crippen LogP contribution >= 0.6 is 0 Å². The highest BCUT2D eigenvalue weighted by atomic mass is 14.5. The molecule has 14 aromatic rings. The second-order valence-corrected chi connectivity index (χ2v) is 20.6. The molecule has 0 saturated heterocycles. The standard InChI is InChI=1S/C77H50/c1-2-21-57(22-3-1)77(73-35-16-14-28-66(73)67-29-15-17-36-74(67)77)58-47-43-52(44-48-58)51-37-41-56(42-38-51)75-68-30-10-12-32-70(68)76(71-33-13-11-31-69(71)75)72-50-46-55(61-25-7-9-27-64(61)72)40-39-54-45-49-65(62-26-8-6-24-60(54)62)63-34-18-20-53-19-4-5-23-59(53)63/h1-50H/b40-39+. The zero-order chi connectivity index (χ0) is 50.9. The Morgan fingerprint density at radius 2 is 0.584 bits per heavy atom. The summed E-state index contributed by atoms with van der Waals surface area (Å²) in [7, 11) is 0.